The fourth-order valence-corrected chi connectivity index (χ4v) is 4.63. The maximum atomic E-state index is 12.1. The number of rotatable bonds is 7. The number of carbonyl (C=O) groups is 1. The lowest BCUT2D eigenvalue weighted by molar-refractivity contribution is -0.118. The van der Waals surface area contributed by atoms with E-state index in [1.807, 2.05) is 24.4 Å². The number of thioether (sulfide) groups is 1. The summed E-state index contributed by atoms with van der Waals surface area (Å²) in [5, 5.41) is 4.17. The Labute approximate surface area is 186 Å². The molecule has 0 saturated carbocycles. The summed E-state index contributed by atoms with van der Waals surface area (Å²) in [6, 6.07) is 9.42. The van der Waals surface area contributed by atoms with Crippen molar-refractivity contribution in [1.29, 1.82) is 0 Å². The molecule has 156 valence electrons. The summed E-state index contributed by atoms with van der Waals surface area (Å²) in [4.78, 5) is 18.9. The summed E-state index contributed by atoms with van der Waals surface area (Å²) in [6.07, 6.45) is 2.21. The summed E-state index contributed by atoms with van der Waals surface area (Å²) in [7, 11) is 0. The molecule has 1 N–H and O–H groups in total. The number of anilines is 1. The second kappa shape index (κ2) is 10.5. The second-order valence-corrected chi connectivity index (χ2v) is 9.02. The van der Waals surface area contributed by atoms with Crippen molar-refractivity contribution in [1.82, 2.24) is 10.3 Å². The first kappa shape index (κ1) is 22.2. The van der Waals surface area contributed by atoms with E-state index >= 15 is 0 Å². The molecule has 1 aromatic carbocycles. The number of nitrogens with zero attached hydrogens (tertiary/aromatic N) is 2. The lowest BCUT2D eigenvalue weighted by Gasteiger charge is -2.36. The van der Waals surface area contributed by atoms with Gasteiger partial charge in [0.25, 0.3) is 0 Å². The Morgan fingerprint density at radius 3 is 2.66 bits per heavy atom. The number of hydrogen-bond donors (Lipinski definition) is 1. The van der Waals surface area contributed by atoms with E-state index in [1.165, 1.54) is 11.8 Å². The van der Waals surface area contributed by atoms with Crippen LogP contribution in [-0.2, 0) is 21.8 Å². The van der Waals surface area contributed by atoms with Crippen LogP contribution in [0.2, 0.25) is 10.0 Å². The van der Waals surface area contributed by atoms with E-state index in [9.17, 15) is 4.79 Å². The molecular formula is C21H25Cl2N3O2S. The molecule has 3 rings (SSSR count). The zero-order valence-corrected chi connectivity index (χ0v) is 18.9. The fourth-order valence-electron chi connectivity index (χ4n) is 3.22. The van der Waals surface area contributed by atoms with Gasteiger partial charge in [-0.25, -0.2) is 4.98 Å². The maximum absolute atomic E-state index is 12.1. The summed E-state index contributed by atoms with van der Waals surface area (Å²) in [5.41, 5.74) is 1.95. The van der Waals surface area contributed by atoms with Gasteiger partial charge in [-0.15, -0.1) is 11.8 Å². The highest BCUT2D eigenvalue weighted by molar-refractivity contribution is 7.99. The number of benzene rings is 1. The minimum absolute atomic E-state index is 0.0139. The summed E-state index contributed by atoms with van der Waals surface area (Å²) in [5.74, 6) is 1.96. The van der Waals surface area contributed by atoms with Crippen LogP contribution in [0.15, 0.2) is 36.5 Å². The maximum Gasteiger partial charge on any atom is 0.230 e. The number of nitrogens with one attached hydrogen (secondary N) is 1. The van der Waals surface area contributed by atoms with Crippen molar-refractivity contribution < 1.29 is 9.53 Å². The highest BCUT2D eigenvalue weighted by Crippen LogP contribution is 2.24. The first-order valence-electron chi connectivity index (χ1n) is 9.54. The number of ether oxygens (including phenoxy) is 1. The zero-order valence-electron chi connectivity index (χ0n) is 16.5. The van der Waals surface area contributed by atoms with Gasteiger partial charge < -0.3 is 15.0 Å². The van der Waals surface area contributed by atoms with Crippen molar-refractivity contribution in [2.75, 3.05) is 23.7 Å². The zero-order chi connectivity index (χ0) is 20.8. The Morgan fingerprint density at radius 2 is 2.00 bits per heavy atom. The van der Waals surface area contributed by atoms with E-state index in [2.05, 4.69) is 29.0 Å². The van der Waals surface area contributed by atoms with Crippen LogP contribution >= 0.6 is 35.0 Å². The van der Waals surface area contributed by atoms with Crippen LogP contribution in [0.3, 0.4) is 0 Å². The van der Waals surface area contributed by atoms with E-state index < -0.39 is 0 Å². The van der Waals surface area contributed by atoms with Crippen LogP contribution in [-0.4, -0.2) is 41.9 Å². The molecule has 0 aliphatic carbocycles. The molecule has 2 heterocycles. The van der Waals surface area contributed by atoms with Gasteiger partial charge in [-0.2, -0.15) is 0 Å². The SMILES string of the molecule is CC1CN(c2ccc(CNC(=O)CSCc3ccc(Cl)cc3Cl)cn2)CC(C)O1. The van der Waals surface area contributed by atoms with E-state index in [4.69, 9.17) is 27.9 Å². The van der Waals surface area contributed by atoms with Gasteiger partial charge in [0.05, 0.1) is 18.0 Å². The van der Waals surface area contributed by atoms with Crippen LogP contribution in [0, 0.1) is 0 Å². The summed E-state index contributed by atoms with van der Waals surface area (Å²) in [6.45, 7) is 6.28. The molecule has 1 amide bonds. The molecule has 29 heavy (non-hydrogen) atoms. The highest BCUT2D eigenvalue weighted by Gasteiger charge is 2.22. The molecule has 0 radical (unpaired) electrons. The standard InChI is InChI=1S/C21H25Cl2N3O2S/c1-14-10-26(11-15(2)28-14)20-6-3-16(8-24-20)9-25-21(27)13-29-12-17-4-5-18(22)7-19(17)23/h3-8,14-15H,9-13H2,1-2H3,(H,25,27). The average Bonchev–Trinajstić information content (AvgIpc) is 2.68. The quantitative estimate of drug-likeness (QED) is 0.665. The van der Waals surface area contributed by atoms with Crippen molar-refractivity contribution in [2.45, 2.75) is 38.4 Å². The Kier molecular flexibility index (Phi) is 8.07. The van der Waals surface area contributed by atoms with E-state index in [0.717, 1.165) is 30.0 Å². The number of pyridine rings is 1. The Bertz CT molecular complexity index is 825. The lowest BCUT2D eigenvalue weighted by Crippen LogP contribution is -2.45. The topological polar surface area (TPSA) is 54.5 Å². The van der Waals surface area contributed by atoms with Crippen LogP contribution in [0.25, 0.3) is 0 Å². The predicted octanol–water partition coefficient (Wildman–Crippen LogP) is 4.55. The van der Waals surface area contributed by atoms with Gasteiger partial charge in [0.15, 0.2) is 0 Å². The molecule has 2 atom stereocenters. The summed E-state index contributed by atoms with van der Waals surface area (Å²) >= 11 is 13.6. The summed E-state index contributed by atoms with van der Waals surface area (Å²) < 4.78 is 5.77. The van der Waals surface area contributed by atoms with Gasteiger partial charge in [-0.3, -0.25) is 4.79 Å². The van der Waals surface area contributed by atoms with Crippen LogP contribution in [0.5, 0.6) is 0 Å². The van der Waals surface area contributed by atoms with E-state index in [1.54, 1.807) is 12.1 Å². The van der Waals surface area contributed by atoms with Gasteiger partial charge in [0.2, 0.25) is 5.91 Å². The fraction of sp³-hybridized carbons (Fsp3) is 0.429. The molecule has 1 aromatic heterocycles. The third-order valence-corrected chi connectivity index (χ3v) is 6.12. The molecular weight excluding hydrogens is 429 g/mol. The van der Waals surface area contributed by atoms with Crippen LogP contribution in [0.1, 0.15) is 25.0 Å². The average molecular weight is 454 g/mol. The molecule has 1 fully saturated rings. The minimum Gasteiger partial charge on any atom is -0.372 e. The molecule has 1 saturated heterocycles. The minimum atomic E-state index is -0.0139. The molecule has 2 unspecified atom stereocenters. The monoisotopic (exact) mass is 453 g/mol. The smallest absolute Gasteiger partial charge is 0.230 e. The first-order valence-corrected chi connectivity index (χ1v) is 11.5. The van der Waals surface area contributed by atoms with Gasteiger partial charge in [0, 0.05) is 41.6 Å². The molecule has 0 spiro atoms. The van der Waals surface area contributed by atoms with Gasteiger partial charge >= 0.3 is 0 Å². The van der Waals surface area contributed by atoms with Gasteiger partial charge in [0.1, 0.15) is 5.82 Å². The van der Waals surface area contributed by atoms with Crippen molar-refractivity contribution in [2.24, 2.45) is 0 Å². The molecule has 1 aliphatic heterocycles. The largest absolute Gasteiger partial charge is 0.372 e. The number of hydrogen-bond acceptors (Lipinski definition) is 5. The number of amides is 1. The number of aromatic nitrogens is 1. The van der Waals surface area contributed by atoms with Crippen LogP contribution < -0.4 is 10.2 Å². The first-order chi connectivity index (χ1) is 13.9. The predicted molar refractivity (Wildman–Crippen MR) is 121 cm³/mol. The molecule has 8 heteroatoms. The van der Waals surface area contributed by atoms with Crippen molar-refractivity contribution in [3.63, 3.8) is 0 Å². The van der Waals surface area contributed by atoms with Crippen molar-refractivity contribution in [3.8, 4) is 0 Å². The molecule has 0 bridgehead atoms. The Balaban J connectivity index is 1.42. The molecule has 2 aromatic rings. The normalized spacial score (nSPS) is 19.2. The van der Waals surface area contributed by atoms with Crippen molar-refractivity contribution >= 4 is 46.7 Å². The van der Waals surface area contributed by atoms with Gasteiger partial charge in [-0.1, -0.05) is 35.3 Å². The van der Waals surface area contributed by atoms with Crippen LogP contribution in [0.4, 0.5) is 5.82 Å². The van der Waals surface area contributed by atoms with Crippen molar-refractivity contribution in [3.05, 3.63) is 57.7 Å². The molecule has 1 aliphatic rings. The third-order valence-electron chi connectivity index (χ3n) is 4.55. The second-order valence-electron chi connectivity index (χ2n) is 7.19. The van der Waals surface area contributed by atoms with E-state index in [0.29, 0.717) is 28.1 Å². The van der Waals surface area contributed by atoms with Gasteiger partial charge in [-0.05, 0) is 43.2 Å². The molecule has 5 nitrogen and oxygen atoms in total. The number of halogens is 2. The van der Waals surface area contributed by atoms with E-state index in [-0.39, 0.29) is 18.1 Å². The third kappa shape index (κ3) is 6.78. The Morgan fingerprint density at radius 1 is 1.24 bits per heavy atom. The Hall–Kier alpha value is -1.47. The highest BCUT2D eigenvalue weighted by atomic mass is 35.5. The number of carbonyl (C=O) groups excluding carboxylic acids is 1. The lowest BCUT2D eigenvalue weighted by atomic mass is 10.2. The number of morpholine rings is 1.